The number of hydrogen-bond donors (Lipinski definition) is 1. The highest BCUT2D eigenvalue weighted by molar-refractivity contribution is 6.32. The van der Waals surface area contributed by atoms with E-state index in [9.17, 15) is 0 Å². The summed E-state index contributed by atoms with van der Waals surface area (Å²) < 4.78 is 5.35. The molecule has 0 fully saturated rings. The summed E-state index contributed by atoms with van der Waals surface area (Å²) in [6.45, 7) is 0.786. The normalized spacial score (nSPS) is 9.50. The van der Waals surface area contributed by atoms with Gasteiger partial charge in [-0.15, -0.1) is 6.42 Å². The van der Waals surface area contributed by atoms with E-state index in [0.717, 1.165) is 12.0 Å². The SMILES string of the molecule is C#CCOc1c(Cl)cccc1CCN. The molecule has 0 saturated heterocycles. The summed E-state index contributed by atoms with van der Waals surface area (Å²) in [6.07, 6.45) is 5.84. The van der Waals surface area contributed by atoms with Gasteiger partial charge in [-0.25, -0.2) is 0 Å². The van der Waals surface area contributed by atoms with E-state index in [0.29, 0.717) is 17.3 Å². The highest BCUT2D eigenvalue weighted by Crippen LogP contribution is 2.28. The summed E-state index contributed by atoms with van der Waals surface area (Å²) >= 11 is 5.97. The Morgan fingerprint density at radius 3 is 2.93 bits per heavy atom. The Morgan fingerprint density at radius 1 is 1.50 bits per heavy atom. The Kier molecular flexibility index (Phi) is 4.31. The molecule has 0 aliphatic carbocycles. The van der Waals surface area contributed by atoms with E-state index in [-0.39, 0.29) is 6.61 Å². The zero-order chi connectivity index (χ0) is 10.4. The van der Waals surface area contributed by atoms with Crippen LogP contribution in [0.3, 0.4) is 0 Å². The molecule has 0 aromatic heterocycles. The predicted octanol–water partition coefficient (Wildman–Crippen LogP) is 1.85. The first kappa shape index (κ1) is 10.9. The number of halogens is 1. The summed E-state index contributed by atoms with van der Waals surface area (Å²) in [5, 5.41) is 0.575. The highest BCUT2D eigenvalue weighted by atomic mass is 35.5. The van der Waals surface area contributed by atoms with E-state index in [2.05, 4.69) is 5.92 Å². The number of terminal acetylenes is 1. The molecule has 0 aliphatic rings. The van der Waals surface area contributed by atoms with Crippen molar-refractivity contribution in [1.29, 1.82) is 0 Å². The Labute approximate surface area is 89.0 Å². The summed E-state index contributed by atoms with van der Waals surface area (Å²) in [6, 6.07) is 5.58. The lowest BCUT2D eigenvalue weighted by molar-refractivity contribution is 0.366. The zero-order valence-electron chi connectivity index (χ0n) is 7.79. The first-order valence-electron chi connectivity index (χ1n) is 4.33. The fourth-order valence-corrected chi connectivity index (χ4v) is 1.43. The van der Waals surface area contributed by atoms with Gasteiger partial charge in [0, 0.05) is 0 Å². The average molecular weight is 210 g/mol. The van der Waals surface area contributed by atoms with Crippen LogP contribution in [-0.2, 0) is 6.42 Å². The molecule has 1 rings (SSSR count). The van der Waals surface area contributed by atoms with Gasteiger partial charge in [0.2, 0.25) is 0 Å². The maximum atomic E-state index is 5.97. The molecule has 1 aromatic rings. The Bertz CT molecular complexity index is 344. The smallest absolute Gasteiger partial charge is 0.148 e. The maximum Gasteiger partial charge on any atom is 0.148 e. The molecule has 0 amide bonds. The van der Waals surface area contributed by atoms with Gasteiger partial charge in [-0.05, 0) is 24.6 Å². The van der Waals surface area contributed by atoms with E-state index in [4.69, 9.17) is 28.5 Å². The van der Waals surface area contributed by atoms with Gasteiger partial charge < -0.3 is 10.5 Å². The molecular weight excluding hydrogens is 198 g/mol. The minimum Gasteiger partial charge on any atom is -0.479 e. The number of benzene rings is 1. The third-order valence-electron chi connectivity index (χ3n) is 1.76. The van der Waals surface area contributed by atoms with E-state index < -0.39 is 0 Å². The number of hydrogen-bond acceptors (Lipinski definition) is 2. The minimum atomic E-state index is 0.224. The van der Waals surface area contributed by atoms with Crippen LogP contribution in [0.1, 0.15) is 5.56 Å². The Hall–Kier alpha value is -1.17. The van der Waals surface area contributed by atoms with E-state index in [1.54, 1.807) is 6.07 Å². The van der Waals surface area contributed by atoms with Crippen molar-refractivity contribution in [3.8, 4) is 18.1 Å². The van der Waals surface area contributed by atoms with E-state index >= 15 is 0 Å². The summed E-state index contributed by atoms with van der Waals surface area (Å²) in [4.78, 5) is 0. The Morgan fingerprint density at radius 2 is 2.29 bits per heavy atom. The van der Waals surface area contributed by atoms with Gasteiger partial charge in [-0.1, -0.05) is 29.7 Å². The van der Waals surface area contributed by atoms with Crippen LogP contribution >= 0.6 is 11.6 Å². The lowest BCUT2D eigenvalue weighted by Crippen LogP contribution is -2.05. The van der Waals surface area contributed by atoms with Crippen LogP contribution in [0.25, 0.3) is 0 Å². The van der Waals surface area contributed by atoms with Gasteiger partial charge in [0.25, 0.3) is 0 Å². The molecule has 74 valence electrons. The number of nitrogens with two attached hydrogens (primary N) is 1. The fourth-order valence-electron chi connectivity index (χ4n) is 1.18. The molecule has 1 aromatic carbocycles. The van der Waals surface area contributed by atoms with Crippen molar-refractivity contribution in [2.45, 2.75) is 6.42 Å². The molecule has 2 N–H and O–H groups in total. The molecule has 2 nitrogen and oxygen atoms in total. The third-order valence-corrected chi connectivity index (χ3v) is 2.06. The first-order valence-corrected chi connectivity index (χ1v) is 4.71. The van der Waals surface area contributed by atoms with Crippen LogP contribution in [0.4, 0.5) is 0 Å². The second kappa shape index (κ2) is 5.54. The largest absolute Gasteiger partial charge is 0.479 e. The monoisotopic (exact) mass is 209 g/mol. The summed E-state index contributed by atoms with van der Waals surface area (Å²) in [5.41, 5.74) is 6.46. The minimum absolute atomic E-state index is 0.224. The predicted molar refractivity (Wildman–Crippen MR) is 58.5 cm³/mol. The summed E-state index contributed by atoms with van der Waals surface area (Å²) in [7, 11) is 0. The first-order chi connectivity index (χ1) is 6.79. The van der Waals surface area contributed by atoms with Crippen LogP contribution in [0.5, 0.6) is 5.75 Å². The molecule has 0 spiro atoms. The van der Waals surface area contributed by atoms with E-state index in [1.165, 1.54) is 0 Å². The van der Waals surface area contributed by atoms with Gasteiger partial charge in [0.1, 0.15) is 12.4 Å². The second-order valence-electron chi connectivity index (χ2n) is 2.76. The maximum absolute atomic E-state index is 5.97. The van der Waals surface area contributed by atoms with Gasteiger partial charge in [-0.2, -0.15) is 0 Å². The lowest BCUT2D eigenvalue weighted by atomic mass is 10.1. The van der Waals surface area contributed by atoms with Crippen LogP contribution < -0.4 is 10.5 Å². The quantitative estimate of drug-likeness (QED) is 0.769. The van der Waals surface area contributed by atoms with Crippen molar-refractivity contribution in [3.63, 3.8) is 0 Å². The van der Waals surface area contributed by atoms with Crippen LogP contribution in [0, 0.1) is 12.3 Å². The molecule has 0 radical (unpaired) electrons. The molecule has 0 saturated carbocycles. The van der Waals surface area contributed by atoms with Gasteiger partial charge in [-0.3, -0.25) is 0 Å². The van der Waals surface area contributed by atoms with Crippen molar-refractivity contribution in [1.82, 2.24) is 0 Å². The number of para-hydroxylation sites is 1. The number of rotatable bonds is 4. The second-order valence-corrected chi connectivity index (χ2v) is 3.17. The zero-order valence-corrected chi connectivity index (χ0v) is 8.55. The van der Waals surface area contributed by atoms with Crippen LogP contribution in [0.2, 0.25) is 5.02 Å². The topological polar surface area (TPSA) is 35.2 Å². The molecule has 14 heavy (non-hydrogen) atoms. The summed E-state index contributed by atoms with van der Waals surface area (Å²) in [5.74, 6) is 3.05. The van der Waals surface area contributed by atoms with Crippen molar-refractivity contribution < 1.29 is 4.74 Å². The van der Waals surface area contributed by atoms with E-state index in [1.807, 2.05) is 12.1 Å². The van der Waals surface area contributed by atoms with Crippen LogP contribution in [0.15, 0.2) is 18.2 Å². The van der Waals surface area contributed by atoms with Crippen molar-refractivity contribution in [2.75, 3.05) is 13.2 Å². The fraction of sp³-hybridized carbons (Fsp3) is 0.273. The van der Waals surface area contributed by atoms with Crippen molar-refractivity contribution >= 4 is 11.6 Å². The van der Waals surface area contributed by atoms with Crippen molar-refractivity contribution in [2.24, 2.45) is 5.73 Å². The molecule has 0 heterocycles. The number of ether oxygens (including phenoxy) is 1. The van der Waals surface area contributed by atoms with Gasteiger partial charge >= 0.3 is 0 Å². The lowest BCUT2D eigenvalue weighted by Gasteiger charge is -2.10. The van der Waals surface area contributed by atoms with Gasteiger partial charge in [0.15, 0.2) is 0 Å². The van der Waals surface area contributed by atoms with Crippen LogP contribution in [-0.4, -0.2) is 13.2 Å². The molecule has 0 unspecified atom stereocenters. The highest BCUT2D eigenvalue weighted by Gasteiger charge is 2.06. The van der Waals surface area contributed by atoms with Crippen molar-refractivity contribution in [3.05, 3.63) is 28.8 Å². The average Bonchev–Trinajstić information content (AvgIpc) is 2.18. The molecule has 0 bridgehead atoms. The standard InChI is InChI=1S/C11H12ClNO/c1-2-8-14-11-9(6-7-13)4-3-5-10(11)12/h1,3-5H,6-8,13H2. The third kappa shape index (κ3) is 2.66. The molecule has 3 heteroatoms. The Balaban J connectivity index is 2.91. The van der Waals surface area contributed by atoms with Gasteiger partial charge in [0.05, 0.1) is 5.02 Å². The molecule has 0 atom stereocenters. The molecule has 0 aliphatic heterocycles. The molecular formula is C11H12ClNO.